The first-order chi connectivity index (χ1) is 7.65. The molecule has 0 aliphatic carbocycles. The van der Waals surface area contributed by atoms with Crippen LogP contribution in [0.4, 0.5) is 0 Å². The van der Waals surface area contributed by atoms with Crippen molar-refractivity contribution in [3.8, 4) is 11.8 Å². The molecule has 1 N–H and O–H groups in total. The van der Waals surface area contributed by atoms with Crippen molar-refractivity contribution < 1.29 is 9.90 Å². The number of halogens is 1. The highest BCUT2D eigenvalue weighted by atomic mass is 35.5. The van der Waals surface area contributed by atoms with Crippen LogP contribution >= 0.6 is 11.6 Å². The molecule has 1 aromatic carbocycles. The number of aliphatic carboxylic acids is 1. The van der Waals surface area contributed by atoms with Gasteiger partial charge in [-0.2, -0.15) is 0 Å². The Bertz CT molecular complexity index is 412. The highest BCUT2D eigenvalue weighted by Gasteiger charge is 2.18. The highest BCUT2D eigenvalue weighted by Crippen LogP contribution is 2.23. The zero-order chi connectivity index (χ0) is 12.0. The van der Waals surface area contributed by atoms with Crippen LogP contribution in [-0.2, 0) is 4.79 Å². The predicted molar refractivity (Wildman–Crippen MR) is 64.5 cm³/mol. The van der Waals surface area contributed by atoms with Crippen LogP contribution in [0.5, 0.6) is 0 Å². The number of carboxylic acid groups (broad SMARTS) is 1. The van der Waals surface area contributed by atoms with Gasteiger partial charge in [0.1, 0.15) is 0 Å². The molecule has 0 fully saturated rings. The number of hydrogen-bond donors (Lipinski definition) is 1. The van der Waals surface area contributed by atoms with Crippen molar-refractivity contribution in [1.82, 2.24) is 0 Å². The van der Waals surface area contributed by atoms with E-state index in [1.807, 2.05) is 0 Å². The molecule has 1 rings (SSSR count). The molecule has 1 aromatic rings. The third kappa shape index (κ3) is 3.60. The van der Waals surface area contributed by atoms with Crippen molar-refractivity contribution in [3.63, 3.8) is 0 Å². The molecule has 0 bridgehead atoms. The Balaban J connectivity index is 2.79. The topological polar surface area (TPSA) is 37.3 Å². The number of rotatable bonds is 4. The van der Waals surface area contributed by atoms with E-state index in [1.54, 1.807) is 31.2 Å². The summed E-state index contributed by atoms with van der Waals surface area (Å²) in [5, 5.41) is 9.73. The van der Waals surface area contributed by atoms with Gasteiger partial charge in [0.2, 0.25) is 0 Å². The molecule has 0 aromatic heterocycles. The fraction of sp³-hybridized carbons (Fsp3) is 0.308. The molecule has 0 amide bonds. The molecule has 2 nitrogen and oxygen atoms in total. The molecule has 0 aliphatic heterocycles. The second kappa shape index (κ2) is 6.19. The summed E-state index contributed by atoms with van der Waals surface area (Å²) in [6.07, 6.45) is 1.12. The maximum absolute atomic E-state index is 11.1. The third-order valence-corrected chi connectivity index (χ3v) is 2.56. The highest BCUT2D eigenvalue weighted by molar-refractivity contribution is 6.30. The molecule has 0 heterocycles. The fourth-order valence-electron chi connectivity index (χ4n) is 1.47. The van der Waals surface area contributed by atoms with E-state index in [4.69, 9.17) is 16.7 Å². The summed E-state index contributed by atoms with van der Waals surface area (Å²) < 4.78 is 0. The molecule has 0 saturated carbocycles. The van der Waals surface area contributed by atoms with Gasteiger partial charge >= 0.3 is 5.97 Å². The van der Waals surface area contributed by atoms with E-state index in [1.165, 1.54) is 0 Å². The first kappa shape index (κ1) is 12.6. The van der Waals surface area contributed by atoms with Gasteiger partial charge in [0.15, 0.2) is 0 Å². The lowest BCUT2D eigenvalue weighted by Crippen LogP contribution is -2.11. The quantitative estimate of drug-likeness (QED) is 0.815. The molecular weight excluding hydrogens is 224 g/mol. The lowest BCUT2D eigenvalue weighted by molar-refractivity contribution is -0.138. The second-order valence-electron chi connectivity index (χ2n) is 3.41. The minimum Gasteiger partial charge on any atom is -0.481 e. The first-order valence-corrected chi connectivity index (χ1v) is 5.41. The summed E-state index contributed by atoms with van der Waals surface area (Å²) in [7, 11) is 0. The monoisotopic (exact) mass is 236 g/mol. The Kier molecular flexibility index (Phi) is 4.88. The van der Waals surface area contributed by atoms with Gasteiger partial charge in [0.05, 0.1) is 5.92 Å². The zero-order valence-corrected chi connectivity index (χ0v) is 9.79. The number of benzene rings is 1. The molecule has 3 heteroatoms. The van der Waals surface area contributed by atoms with Crippen molar-refractivity contribution in [2.75, 3.05) is 0 Å². The standard InChI is InChI=1S/C13H13ClO2/c1-2-3-4-5-12(13(15)16)10-6-8-11(14)9-7-10/h6-9,12H,4-5H2,1H3,(H,15,16). The lowest BCUT2D eigenvalue weighted by Gasteiger charge is -2.10. The Labute approximate surface area is 100 Å². The van der Waals surface area contributed by atoms with Crippen LogP contribution < -0.4 is 0 Å². The van der Waals surface area contributed by atoms with E-state index < -0.39 is 11.9 Å². The van der Waals surface area contributed by atoms with Crippen LogP contribution in [0.1, 0.15) is 31.2 Å². The molecule has 0 spiro atoms. The van der Waals surface area contributed by atoms with Gasteiger partial charge in [-0.3, -0.25) is 4.79 Å². The molecular formula is C13H13ClO2. The van der Waals surface area contributed by atoms with E-state index in [2.05, 4.69) is 11.8 Å². The average Bonchev–Trinajstić information content (AvgIpc) is 2.26. The molecule has 84 valence electrons. The summed E-state index contributed by atoms with van der Waals surface area (Å²) in [6.45, 7) is 1.75. The summed E-state index contributed by atoms with van der Waals surface area (Å²) >= 11 is 5.75. The smallest absolute Gasteiger partial charge is 0.311 e. The summed E-state index contributed by atoms with van der Waals surface area (Å²) in [5.41, 5.74) is 0.773. The Hall–Kier alpha value is -1.46. The van der Waals surface area contributed by atoms with Crippen molar-refractivity contribution in [2.45, 2.75) is 25.7 Å². The lowest BCUT2D eigenvalue weighted by atomic mass is 9.94. The van der Waals surface area contributed by atoms with Crippen LogP contribution in [0.3, 0.4) is 0 Å². The van der Waals surface area contributed by atoms with Gasteiger partial charge in [-0.25, -0.2) is 0 Å². The summed E-state index contributed by atoms with van der Waals surface area (Å²) in [4.78, 5) is 11.1. The maximum Gasteiger partial charge on any atom is 0.311 e. The largest absolute Gasteiger partial charge is 0.481 e. The van der Waals surface area contributed by atoms with Crippen LogP contribution in [0.25, 0.3) is 0 Å². The van der Waals surface area contributed by atoms with E-state index in [0.29, 0.717) is 17.9 Å². The second-order valence-corrected chi connectivity index (χ2v) is 3.84. The molecule has 16 heavy (non-hydrogen) atoms. The fourth-order valence-corrected chi connectivity index (χ4v) is 1.60. The average molecular weight is 237 g/mol. The maximum atomic E-state index is 11.1. The van der Waals surface area contributed by atoms with Crippen molar-refractivity contribution >= 4 is 17.6 Å². The van der Waals surface area contributed by atoms with Gasteiger partial charge in [0.25, 0.3) is 0 Å². The summed E-state index contributed by atoms with van der Waals surface area (Å²) in [5.74, 6) is 4.31. The van der Waals surface area contributed by atoms with Crippen LogP contribution in [0.2, 0.25) is 5.02 Å². The number of hydrogen-bond acceptors (Lipinski definition) is 1. The predicted octanol–water partition coefficient (Wildman–Crippen LogP) is 3.31. The SMILES string of the molecule is CC#CCCC(C(=O)O)c1ccc(Cl)cc1. The molecule has 1 unspecified atom stereocenters. The molecule has 0 aliphatic rings. The summed E-state index contributed by atoms with van der Waals surface area (Å²) in [6, 6.07) is 6.91. The van der Waals surface area contributed by atoms with Crippen LogP contribution in [0.15, 0.2) is 24.3 Å². The molecule has 0 radical (unpaired) electrons. The van der Waals surface area contributed by atoms with E-state index >= 15 is 0 Å². The molecule has 0 saturated heterocycles. The minimum atomic E-state index is -0.819. The van der Waals surface area contributed by atoms with Crippen molar-refractivity contribution in [1.29, 1.82) is 0 Å². The van der Waals surface area contributed by atoms with Gasteiger partial charge in [-0.05, 0) is 31.0 Å². The Morgan fingerprint density at radius 1 is 1.44 bits per heavy atom. The number of carboxylic acids is 1. The Morgan fingerprint density at radius 2 is 2.06 bits per heavy atom. The van der Waals surface area contributed by atoms with Crippen LogP contribution in [-0.4, -0.2) is 11.1 Å². The van der Waals surface area contributed by atoms with Gasteiger partial charge in [-0.15, -0.1) is 11.8 Å². The number of carbonyl (C=O) groups is 1. The zero-order valence-electron chi connectivity index (χ0n) is 9.03. The minimum absolute atomic E-state index is 0.502. The van der Waals surface area contributed by atoms with E-state index in [9.17, 15) is 4.79 Å². The van der Waals surface area contributed by atoms with E-state index in [-0.39, 0.29) is 0 Å². The third-order valence-electron chi connectivity index (χ3n) is 2.31. The van der Waals surface area contributed by atoms with Crippen molar-refractivity contribution in [3.05, 3.63) is 34.9 Å². The van der Waals surface area contributed by atoms with Gasteiger partial charge in [-0.1, -0.05) is 23.7 Å². The van der Waals surface area contributed by atoms with Gasteiger partial charge < -0.3 is 5.11 Å². The van der Waals surface area contributed by atoms with Crippen LogP contribution in [0, 0.1) is 11.8 Å². The normalized spacial score (nSPS) is 11.4. The Morgan fingerprint density at radius 3 is 2.56 bits per heavy atom. The van der Waals surface area contributed by atoms with E-state index in [0.717, 1.165) is 5.56 Å². The van der Waals surface area contributed by atoms with Gasteiger partial charge in [0, 0.05) is 11.4 Å². The molecule has 1 atom stereocenters. The van der Waals surface area contributed by atoms with Crippen molar-refractivity contribution in [2.24, 2.45) is 0 Å². The first-order valence-electron chi connectivity index (χ1n) is 5.03.